The molecular weight excluding hydrogens is 226 g/mol. The van der Waals surface area contributed by atoms with Gasteiger partial charge in [-0.05, 0) is 43.3 Å². The number of hydrogen-bond donors (Lipinski definition) is 1. The van der Waals surface area contributed by atoms with Crippen molar-refractivity contribution in [2.45, 2.75) is 13.0 Å². The zero-order chi connectivity index (χ0) is 13.1. The molecule has 1 heterocycles. The van der Waals surface area contributed by atoms with Gasteiger partial charge >= 0.3 is 0 Å². The summed E-state index contributed by atoms with van der Waals surface area (Å²) in [5.74, 6) is 0.885. The van der Waals surface area contributed by atoms with Gasteiger partial charge in [0, 0.05) is 13.2 Å². The van der Waals surface area contributed by atoms with E-state index in [0.717, 1.165) is 11.4 Å². The average Bonchev–Trinajstić information content (AvgIpc) is 2.78. The van der Waals surface area contributed by atoms with Crippen LogP contribution in [-0.2, 0) is 7.05 Å². The molecule has 0 spiro atoms. The maximum Gasteiger partial charge on any atom is 0.119 e. The largest absolute Gasteiger partial charge is 0.497 e. The summed E-state index contributed by atoms with van der Waals surface area (Å²) < 4.78 is 7.13. The molecule has 18 heavy (non-hydrogen) atoms. The van der Waals surface area contributed by atoms with Crippen LogP contribution in [0.5, 0.6) is 5.75 Å². The van der Waals surface area contributed by atoms with E-state index in [1.165, 1.54) is 11.1 Å². The van der Waals surface area contributed by atoms with E-state index in [0.29, 0.717) is 0 Å². The lowest BCUT2D eigenvalue weighted by Crippen LogP contribution is -2.21. The first-order chi connectivity index (χ1) is 8.67. The minimum atomic E-state index is 0.142. The van der Waals surface area contributed by atoms with Crippen LogP contribution in [0.15, 0.2) is 30.5 Å². The van der Waals surface area contributed by atoms with Gasteiger partial charge in [0.2, 0.25) is 0 Å². The summed E-state index contributed by atoms with van der Waals surface area (Å²) in [4.78, 5) is 0. The Labute approximate surface area is 108 Å². The highest BCUT2D eigenvalue weighted by Gasteiger charge is 2.17. The lowest BCUT2D eigenvalue weighted by atomic mass is 9.98. The van der Waals surface area contributed by atoms with Crippen molar-refractivity contribution < 1.29 is 4.74 Å². The Morgan fingerprint density at radius 3 is 2.61 bits per heavy atom. The Balaban J connectivity index is 2.42. The third-order valence-electron chi connectivity index (χ3n) is 3.23. The molecular formula is C14H19N3O. The number of rotatable bonds is 4. The minimum Gasteiger partial charge on any atom is -0.497 e. The third-order valence-corrected chi connectivity index (χ3v) is 3.23. The van der Waals surface area contributed by atoms with Crippen LogP contribution in [0, 0.1) is 6.92 Å². The number of ether oxygens (including phenoxy) is 1. The van der Waals surface area contributed by atoms with Crippen molar-refractivity contribution in [1.82, 2.24) is 15.1 Å². The summed E-state index contributed by atoms with van der Waals surface area (Å²) in [6.07, 6.45) is 1.82. The molecule has 0 bridgehead atoms. The number of aromatic nitrogens is 2. The molecule has 0 saturated carbocycles. The SMILES string of the molecule is CNC(c1ccc(OC)cc1C)c1ccnn1C. The van der Waals surface area contributed by atoms with Crippen molar-refractivity contribution in [2.24, 2.45) is 7.05 Å². The van der Waals surface area contributed by atoms with E-state index in [9.17, 15) is 0 Å². The van der Waals surface area contributed by atoms with Crippen molar-refractivity contribution in [1.29, 1.82) is 0 Å². The third kappa shape index (κ3) is 2.24. The van der Waals surface area contributed by atoms with Gasteiger partial charge in [0.1, 0.15) is 5.75 Å². The zero-order valence-corrected chi connectivity index (χ0v) is 11.3. The van der Waals surface area contributed by atoms with Crippen molar-refractivity contribution in [3.63, 3.8) is 0 Å². The van der Waals surface area contributed by atoms with Gasteiger partial charge in [0.15, 0.2) is 0 Å². The molecule has 2 rings (SSSR count). The van der Waals surface area contributed by atoms with Crippen LogP contribution >= 0.6 is 0 Å². The van der Waals surface area contributed by atoms with Gasteiger partial charge in [-0.1, -0.05) is 6.07 Å². The summed E-state index contributed by atoms with van der Waals surface area (Å²) in [5, 5.41) is 7.56. The number of methoxy groups -OCH3 is 1. The lowest BCUT2D eigenvalue weighted by Gasteiger charge is -2.19. The van der Waals surface area contributed by atoms with Gasteiger partial charge in [-0.3, -0.25) is 4.68 Å². The number of benzene rings is 1. The fraction of sp³-hybridized carbons (Fsp3) is 0.357. The van der Waals surface area contributed by atoms with Crippen LogP contribution in [0.1, 0.15) is 22.9 Å². The van der Waals surface area contributed by atoms with Gasteiger partial charge in [-0.2, -0.15) is 5.10 Å². The summed E-state index contributed by atoms with van der Waals surface area (Å²) in [6, 6.07) is 8.31. The molecule has 4 nitrogen and oxygen atoms in total. The fourth-order valence-corrected chi connectivity index (χ4v) is 2.23. The summed E-state index contributed by atoms with van der Waals surface area (Å²) in [6.45, 7) is 2.10. The van der Waals surface area contributed by atoms with Crippen LogP contribution in [0.4, 0.5) is 0 Å². The second-order valence-electron chi connectivity index (χ2n) is 4.32. The van der Waals surface area contributed by atoms with E-state index < -0.39 is 0 Å². The summed E-state index contributed by atoms with van der Waals surface area (Å²) in [7, 11) is 5.60. The average molecular weight is 245 g/mol. The highest BCUT2D eigenvalue weighted by Crippen LogP contribution is 2.26. The fourth-order valence-electron chi connectivity index (χ4n) is 2.23. The smallest absolute Gasteiger partial charge is 0.119 e. The lowest BCUT2D eigenvalue weighted by molar-refractivity contribution is 0.414. The van der Waals surface area contributed by atoms with E-state index in [2.05, 4.69) is 29.5 Å². The molecule has 2 aromatic rings. The van der Waals surface area contributed by atoms with Crippen LogP contribution in [0.2, 0.25) is 0 Å². The van der Waals surface area contributed by atoms with Gasteiger partial charge in [0.25, 0.3) is 0 Å². The molecule has 1 unspecified atom stereocenters. The maximum absolute atomic E-state index is 5.24. The number of nitrogens with one attached hydrogen (secondary N) is 1. The van der Waals surface area contributed by atoms with E-state index in [1.807, 2.05) is 37.1 Å². The second kappa shape index (κ2) is 5.23. The molecule has 0 amide bonds. The van der Waals surface area contributed by atoms with Crippen molar-refractivity contribution in [3.05, 3.63) is 47.3 Å². The van der Waals surface area contributed by atoms with Gasteiger partial charge in [0.05, 0.1) is 18.8 Å². The number of aryl methyl sites for hydroxylation is 2. The first-order valence-electron chi connectivity index (χ1n) is 5.97. The van der Waals surface area contributed by atoms with Gasteiger partial charge in [-0.25, -0.2) is 0 Å². The highest BCUT2D eigenvalue weighted by molar-refractivity contribution is 5.39. The van der Waals surface area contributed by atoms with Crippen LogP contribution in [0.25, 0.3) is 0 Å². The Hall–Kier alpha value is -1.81. The summed E-state index contributed by atoms with van der Waals surface area (Å²) in [5.41, 5.74) is 3.59. The molecule has 1 atom stereocenters. The van der Waals surface area contributed by atoms with Crippen LogP contribution < -0.4 is 10.1 Å². The molecule has 0 saturated heterocycles. The van der Waals surface area contributed by atoms with Crippen LogP contribution in [0.3, 0.4) is 0 Å². The molecule has 1 aromatic carbocycles. The molecule has 0 aliphatic rings. The molecule has 1 aromatic heterocycles. The molecule has 0 fully saturated rings. The van der Waals surface area contributed by atoms with Crippen LogP contribution in [-0.4, -0.2) is 23.9 Å². The van der Waals surface area contributed by atoms with E-state index in [1.54, 1.807) is 7.11 Å². The highest BCUT2D eigenvalue weighted by atomic mass is 16.5. The van der Waals surface area contributed by atoms with Crippen molar-refractivity contribution in [2.75, 3.05) is 14.2 Å². The molecule has 4 heteroatoms. The van der Waals surface area contributed by atoms with Crippen molar-refractivity contribution in [3.8, 4) is 5.75 Å². The Morgan fingerprint density at radius 1 is 1.33 bits per heavy atom. The zero-order valence-electron chi connectivity index (χ0n) is 11.3. The quantitative estimate of drug-likeness (QED) is 0.896. The standard InChI is InChI=1S/C14H19N3O/c1-10-9-11(18-4)5-6-12(10)14(15-2)13-7-8-16-17(13)3/h5-9,14-15H,1-4H3. The molecule has 0 aliphatic heterocycles. The van der Waals surface area contributed by atoms with Crippen molar-refractivity contribution >= 4 is 0 Å². The molecule has 0 aliphatic carbocycles. The normalized spacial score (nSPS) is 12.4. The number of nitrogens with zero attached hydrogens (tertiary/aromatic N) is 2. The van der Waals surface area contributed by atoms with E-state index in [4.69, 9.17) is 4.74 Å². The second-order valence-corrected chi connectivity index (χ2v) is 4.32. The first kappa shape index (κ1) is 12.6. The monoisotopic (exact) mass is 245 g/mol. The Morgan fingerprint density at radius 2 is 2.11 bits per heavy atom. The maximum atomic E-state index is 5.24. The van der Waals surface area contributed by atoms with E-state index >= 15 is 0 Å². The predicted octanol–water partition coefficient (Wildman–Crippen LogP) is 2.05. The van der Waals surface area contributed by atoms with Gasteiger partial charge in [-0.15, -0.1) is 0 Å². The molecule has 1 N–H and O–H groups in total. The summed E-state index contributed by atoms with van der Waals surface area (Å²) >= 11 is 0. The van der Waals surface area contributed by atoms with Gasteiger partial charge < -0.3 is 10.1 Å². The minimum absolute atomic E-state index is 0.142. The Kier molecular flexibility index (Phi) is 3.67. The molecule has 96 valence electrons. The van der Waals surface area contributed by atoms with E-state index in [-0.39, 0.29) is 6.04 Å². The molecule has 0 radical (unpaired) electrons. The number of hydrogen-bond acceptors (Lipinski definition) is 3. The topological polar surface area (TPSA) is 39.1 Å². The Bertz CT molecular complexity index is 534. The first-order valence-corrected chi connectivity index (χ1v) is 5.97. The predicted molar refractivity (Wildman–Crippen MR) is 71.8 cm³/mol.